The standard InChI is InChI=1S/C11H21NS/c12-10-8-6-4-2-1-3-5-7-9-11-13/h13H,1-9,11H2. The number of rotatable bonds is 9. The van der Waals surface area contributed by atoms with E-state index in [1.54, 1.807) is 0 Å². The maximum absolute atomic E-state index is 8.31. The molecule has 0 aromatic carbocycles. The van der Waals surface area contributed by atoms with Gasteiger partial charge in [-0.1, -0.05) is 38.5 Å². The van der Waals surface area contributed by atoms with E-state index < -0.39 is 0 Å². The first-order valence-electron chi connectivity index (χ1n) is 5.39. The molecule has 0 heterocycles. The first kappa shape index (κ1) is 12.8. The molecule has 0 aromatic rings. The Kier molecular flexibility index (Phi) is 11.7. The molecule has 0 spiro atoms. The van der Waals surface area contributed by atoms with Crippen LogP contribution in [0, 0.1) is 11.3 Å². The van der Waals surface area contributed by atoms with Gasteiger partial charge in [0.2, 0.25) is 0 Å². The summed E-state index contributed by atoms with van der Waals surface area (Å²) in [6.45, 7) is 0. The Hall–Kier alpha value is -0.160. The van der Waals surface area contributed by atoms with Crippen LogP contribution in [-0.4, -0.2) is 5.75 Å². The number of thiol groups is 1. The average molecular weight is 199 g/mol. The quantitative estimate of drug-likeness (QED) is 0.441. The van der Waals surface area contributed by atoms with Crippen molar-refractivity contribution < 1.29 is 0 Å². The van der Waals surface area contributed by atoms with Gasteiger partial charge in [-0.15, -0.1) is 0 Å². The molecule has 76 valence electrons. The topological polar surface area (TPSA) is 23.8 Å². The predicted octanol–water partition coefficient (Wildman–Crippen LogP) is 3.95. The zero-order valence-corrected chi connectivity index (χ0v) is 9.36. The van der Waals surface area contributed by atoms with Crippen molar-refractivity contribution in [2.24, 2.45) is 0 Å². The van der Waals surface area contributed by atoms with Crippen LogP contribution in [0.4, 0.5) is 0 Å². The molecule has 2 heteroatoms. The van der Waals surface area contributed by atoms with Crippen molar-refractivity contribution in [1.82, 2.24) is 0 Å². The Bertz CT molecular complexity index is 129. The molecule has 0 saturated heterocycles. The van der Waals surface area contributed by atoms with E-state index >= 15 is 0 Å². The van der Waals surface area contributed by atoms with Crippen LogP contribution in [0.1, 0.15) is 57.8 Å². The first-order chi connectivity index (χ1) is 6.41. The Morgan fingerprint density at radius 3 is 1.69 bits per heavy atom. The third kappa shape index (κ3) is 11.8. The minimum Gasteiger partial charge on any atom is -0.198 e. The van der Waals surface area contributed by atoms with Crippen LogP contribution < -0.4 is 0 Å². The number of hydrogen-bond acceptors (Lipinski definition) is 2. The van der Waals surface area contributed by atoms with E-state index in [-0.39, 0.29) is 0 Å². The Morgan fingerprint density at radius 2 is 1.23 bits per heavy atom. The lowest BCUT2D eigenvalue weighted by Crippen LogP contribution is -1.81. The predicted molar refractivity (Wildman–Crippen MR) is 61.0 cm³/mol. The summed E-state index contributed by atoms with van der Waals surface area (Å²) in [4.78, 5) is 0. The van der Waals surface area contributed by atoms with Gasteiger partial charge in [0.1, 0.15) is 0 Å². The highest BCUT2D eigenvalue weighted by Gasteiger charge is 1.91. The third-order valence-corrected chi connectivity index (χ3v) is 2.51. The van der Waals surface area contributed by atoms with Gasteiger partial charge in [0.05, 0.1) is 6.07 Å². The van der Waals surface area contributed by atoms with Crippen LogP contribution in [0.25, 0.3) is 0 Å². The van der Waals surface area contributed by atoms with Gasteiger partial charge in [-0.2, -0.15) is 17.9 Å². The summed E-state index contributed by atoms with van der Waals surface area (Å²) in [5, 5.41) is 8.31. The lowest BCUT2D eigenvalue weighted by molar-refractivity contribution is 0.580. The molecule has 0 saturated carbocycles. The zero-order valence-electron chi connectivity index (χ0n) is 8.47. The summed E-state index contributed by atoms with van der Waals surface area (Å²) in [5.74, 6) is 1.03. The molecule has 0 radical (unpaired) electrons. The molecular formula is C11H21NS. The van der Waals surface area contributed by atoms with Gasteiger partial charge in [0, 0.05) is 6.42 Å². The smallest absolute Gasteiger partial charge is 0.0621 e. The van der Waals surface area contributed by atoms with E-state index in [1.165, 1.54) is 44.9 Å². The fourth-order valence-corrected chi connectivity index (χ4v) is 1.60. The maximum Gasteiger partial charge on any atom is 0.0621 e. The lowest BCUT2D eigenvalue weighted by atomic mass is 10.1. The summed E-state index contributed by atoms with van der Waals surface area (Å²) in [7, 11) is 0. The van der Waals surface area contributed by atoms with Gasteiger partial charge in [-0.05, 0) is 18.6 Å². The monoisotopic (exact) mass is 199 g/mol. The molecule has 0 amide bonds. The molecule has 1 nitrogen and oxygen atoms in total. The molecule has 0 aromatic heterocycles. The van der Waals surface area contributed by atoms with Gasteiger partial charge in [-0.25, -0.2) is 0 Å². The SMILES string of the molecule is N#CCCCCCCCCCCS. The second kappa shape index (κ2) is 11.8. The Labute approximate surface area is 87.9 Å². The molecule has 0 unspecified atom stereocenters. The summed E-state index contributed by atoms with van der Waals surface area (Å²) in [6, 6.07) is 2.18. The largest absolute Gasteiger partial charge is 0.198 e. The first-order valence-corrected chi connectivity index (χ1v) is 6.03. The van der Waals surface area contributed by atoms with Crippen molar-refractivity contribution in [1.29, 1.82) is 5.26 Å². The molecule has 0 aliphatic heterocycles. The molecule has 0 atom stereocenters. The summed E-state index contributed by atoms with van der Waals surface area (Å²) >= 11 is 4.17. The summed E-state index contributed by atoms with van der Waals surface area (Å²) in [6.07, 6.45) is 11.0. The lowest BCUT2D eigenvalue weighted by Gasteiger charge is -1.99. The minimum absolute atomic E-state index is 0.736. The molecule has 0 bridgehead atoms. The van der Waals surface area contributed by atoms with E-state index in [9.17, 15) is 0 Å². The summed E-state index contributed by atoms with van der Waals surface area (Å²) < 4.78 is 0. The number of hydrogen-bond donors (Lipinski definition) is 1. The van der Waals surface area contributed by atoms with Crippen molar-refractivity contribution in [2.45, 2.75) is 57.8 Å². The van der Waals surface area contributed by atoms with Crippen LogP contribution in [0.5, 0.6) is 0 Å². The Morgan fingerprint density at radius 1 is 0.769 bits per heavy atom. The van der Waals surface area contributed by atoms with Crippen LogP contribution >= 0.6 is 12.6 Å². The molecule has 0 aliphatic rings. The zero-order chi connectivity index (χ0) is 9.78. The van der Waals surface area contributed by atoms with Crippen LogP contribution in [0.3, 0.4) is 0 Å². The van der Waals surface area contributed by atoms with E-state index in [1.807, 2.05) is 0 Å². The fraction of sp³-hybridized carbons (Fsp3) is 0.909. The van der Waals surface area contributed by atoms with Gasteiger partial charge in [0.25, 0.3) is 0 Å². The number of nitrogens with zero attached hydrogens (tertiary/aromatic N) is 1. The number of nitriles is 1. The van der Waals surface area contributed by atoms with Gasteiger partial charge in [0.15, 0.2) is 0 Å². The van der Waals surface area contributed by atoms with Crippen molar-refractivity contribution >= 4 is 12.6 Å². The summed E-state index contributed by atoms with van der Waals surface area (Å²) in [5.41, 5.74) is 0. The Balaban J connectivity index is 2.80. The molecule has 0 fully saturated rings. The maximum atomic E-state index is 8.31. The highest BCUT2D eigenvalue weighted by molar-refractivity contribution is 7.80. The van der Waals surface area contributed by atoms with Gasteiger partial charge < -0.3 is 0 Å². The fourth-order valence-electron chi connectivity index (χ4n) is 1.38. The van der Waals surface area contributed by atoms with Crippen molar-refractivity contribution in [3.8, 4) is 6.07 Å². The normalized spacial score (nSPS) is 9.85. The second-order valence-corrected chi connectivity index (χ2v) is 3.91. The van der Waals surface area contributed by atoms with Gasteiger partial charge >= 0.3 is 0 Å². The van der Waals surface area contributed by atoms with Crippen LogP contribution in [0.2, 0.25) is 0 Å². The van der Waals surface area contributed by atoms with E-state index in [4.69, 9.17) is 5.26 Å². The second-order valence-electron chi connectivity index (χ2n) is 3.46. The molecule has 0 rings (SSSR count). The highest BCUT2D eigenvalue weighted by atomic mass is 32.1. The molecular weight excluding hydrogens is 178 g/mol. The third-order valence-electron chi connectivity index (χ3n) is 2.20. The van der Waals surface area contributed by atoms with Crippen LogP contribution in [0.15, 0.2) is 0 Å². The van der Waals surface area contributed by atoms with Crippen molar-refractivity contribution in [2.75, 3.05) is 5.75 Å². The highest BCUT2D eigenvalue weighted by Crippen LogP contribution is 2.09. The minimum atomic E-state index is 0.736. The van der Waals surface area contributed by atoms with Crippen LogP contribution in [-0.2, 0) is 0 Å². The van der Waals surface area contributed by atoms with E-state index in [2.05, 4.69) is 18.7 Å². The average Bonchev–Trinajstić information content (AvgIpc) is 2.16. The molecule has 0 aliphatic carbocycles. The van der Waals surface area contributed by atoms with Gasteiger partial charge in [-0.3, -0.25) is 0 Å². The van der Waals surface area contributed by atoms with Crippen molar-refractivity contribution in [3.05, 3.63) is 0 Å². The van der Waals surface area contributed by atoms with E-state index in [0.29, 0.717) is 0 Å². The molecule has 13 heavy (non-hydrogen) atoms. The molecule has 0 N–H and O–H groups in total. The van der Waals surface area contributed by atoms with Crippen molar-refractivity contribution in [3.63, 3.8) is 0 Å². The van der Waals surface area contributed by atoms with E-state index in [0.717, 1.165) is 18.6 Å². The number of unbranched alkanes of at least 4 members (excludes halogenated alkanes) is 8.